The number of carbonyl (C=O) groups excluding carboxylic acids is 1. The summed E-state index contributed by atoms with van der Waals surface area (Å²) in [5, 5.41) is 17.3. The van der Waals surface area contributed by atoms with Gasteiger partial charge in [0.05, 0.1) is 0 Å². The summed E-state index contributed by atoms with van der Waals surface area (Å²) in [5.41, 5.74) is 4.80. The van der Waals surface area contributed by atoms with E-state index in [0.717, 1.165) is 53.5 Å². The second-order valence-corrected chi connectivity index (χ2v) is 15.0. The maximum absolute atomic E-state index is 12.2. The minimum atomic E-state index is -0.337. The van der Waals surface area contributed by atoms with Crippen LogP contribution in [0.2, 0.25) is 0 Å². The molecule has 0 saturated heterocycles. The molecule has 265 valence electrons. The molecule has 0 spiro atoms. The molecule has 0 aliphatic heterocycles. The molecule has 2 heterocycles. The summed E-state index contributed by atoms with van der Waals surface area (Å²) in [6.07, 6.45) is 6.43. The summed E-state index contributed by atoms with van der Waals surface area (Å²) in [6, 6.07) is 27.4. The Balaban J connectivity index is 0.000000269. The molecule has 2 aromatic heterocycles. The minimum Gasteiger partial charge on any atom is -0.512 e. The number of ketones is 1. The average molecular weight is 847 g/mol. The molecule has 0 unspecified atom stereocenters. The van der Waals surface area contributed by atoms with E-state index in [-0.39, 0.29) is 47.9 Å². The summed E-state index contributed by atoms with van der Waals surface area (Å²) in [7, 11) is 2.08. The number of nitrogens with zero attached hydrogens (tertiary/aromatic N) is 3. The van der Waals surface area contributed by atoms with E-state index < -0.39 is 0 Å². The first-order valence-electron chi connectivity index (χ1n) is 17.7. The maximum Gasteiger partial charge on any atom is 0.164 e. The van der Waals surface area contributed by atoms with E-state index in [1.165, 1.54) is 38.6 Å². The van der Waals surface area contributed by atoms with Gasteiger partial charge in [-0.1, -0.05) is 122 Å². The zero-order valence-corrected chi connectivity index (χ0v) is 33.8. The molecule has 6 heteroatoms. The van der Waals surface area contributed by atoms with Crippen LogP contribution in [0.1, 0.15) is 93.6 Å². The van der Waals surface area contributed by atoms with Gasteiger partial charge in [0.2, 0.25) is 0 Å². The third-order valence-electron chi connectivity index (χ3n) is 11.1. The Morgan fingerprint density at radius 3 is 1.94 bits per heavy atom. The van der Waals surface area contributed by atoms with Crippen molar-refractivity contribution < 1.29 is 30.0 Å². The first-order valence-corrected chi connectivity index (χ1v) is 17.7. The number of carbonyl (C=O) groups is 1. The molecule has 0 fully saturated rings. The van der Waals surface area contributed by atoms with Crippen molar-refractivity contribution in [2.45, 2.75) is 93.4 Å². The number of allylic oxidation sites excluding steroid dienone is 2. The van der Waals surface area contributed by atoms with E-state index in [9.17, 15) is 9.90 Å². The van der Waals surface area contributed by atoms with Gasteiger partial charge in [0, 0.05) is 66.0 Å². The van der Waals surface area contributed by atoms with Gasteiger partial charge in [0.1, 0.15) is 17.7 Å². The first-order chi connectivity index (χ1) is 23.2. The Morgan fingerprint density at radius 2 is 1.36 bits per heavy atom. The molecule has 0 atom stereocenters. The number of aliphatic hydroxyl groups excluding tert-OH is 1. The minimum absolute atomic E-state index is 0. The van der Waals surface area contributed by atoms with Crippen molar-refractivity contribution in [1.82, 2.24) is 14.5 Å². The second kappa shape index (κ2) is 15.2. The number of hydrogen-bond acceptors (Lipinski definition) is 4. The zero-order valence-electron chi connectivity index (χ0n) is 31.4. The van der Waals surface area contributed by atoms with E-state index in [2.05, 4.69) is 110 Å². The number of fused-ring (bicyclic) bond motifs is 5. The molecule has 5 nitrogen and oxygen atoms in total. The van der Waals surface area contributed by atoms with Crippen LogP contribution < -0.4 is 0 Å². The van der Waals surface area contributed by atoms with Gasteiger partial charge >= 0.3 is 0 Å². The van der Waals surface area contributed by atoms with Gasteiger partial charge in [0.15, 0.2) is 5.78 Å². The first kappa shape index (κ1) is 38.9. The summed E-state index contributed by atoms with van der Waals surface area (Å²) in [6.45, 7) is 18.8. The molecule has 0 aliphatic rings. The summed E-state index contributed by atoms with van der Waals surface area (Å²) >= 11 is 0. The van der Waals surface area contributed by atoms with E-state index in [1.807, 2.05) is 41.5 Å². The molecule has 50 heavy (non-hydrogen) atoms. The zero-order chi connectivity index (χ0) is 35.7. The standard InChI is InChI=1S/C29H24N3.C15H28O2.Ir/c1-29(2,3)24-14-13-22(20-11-7-8-12-21(20)24)27-26-23-15-18-9-5-6-10-19(18)16-25(23)32(4)28(26)31-17-30-27;1-7-14(5,8-2)12(16)11-13(17)15(6,9-3)10-4;/h5-12,14-17H,1-4H3;11,16H,7-10H2,1-6H3;/q-1;;/b;12-11-;. The van der Waals surface area contributed by atoms with Crippen molar-refractivity contribution >= 4 is 49.3 Å². The fourth-order valence-electron chi connectivity index (χ4n) is 6.62. The van der Waals surface area contributed by atoms with Gasteiger partial charge in [-0.3, -0.25) is 9.78 Å². The van der Waals surface area contributed by atoms with E-state index >= 15 is 0 Å². The Hall–Kier alpha value is -3.86. The van der Waals surface area contributed by atoms with Crippen LogP contribution in [0.5, 0.6) is 0 Å². The number of aryl methyl sites for hydroxylation is 1. The number of hydrogen-bond donors (Lipinski definition) is 1. The summed E-state index contributed by atoms with van der Waals surface area (Å²) in [5.74, 6) is 0.286. The normalized spacial score (nSPS) is 12.6. The SMILES string of the molecule is CCC(C)(CC)C(=O)/C=C(\O)C(C)(CC)CC.Cn1c2cc3ccccc3cc2c2c(-c3[c-]cc(C(C)(C)C)c4ccccc34)ncnc21.[Ir]. The van der Waals surface area contributed by atoms with Gasteiger partial charge < -0.3 is 9.67 Å². The number of benzene rings is 4. The van der Waals surface area contributed by atoms with Gasteiger partial charge in [-0.2, -0.15) is 0 Å². The van der Waals surface area contributed by atoms with Crippen molar-refractivity contribution in [2.75, 3.05) is 0 Å². The third kappa shape index (κ3) is 7.16. The molecule has 6 aromatic rings. The largest absolute Gasteiger partial charge is 0.512 e. The van der Waals surface area contributed by atoms with Crippen LogP contribution in [0.25, 0.3) is 54.7 Å². The van der Waals surface area contributed by atoms with E-state index in [0.29, 0.717) is 0 Å². The fourth-order valence-corrected chi connectivity index (χ4v) is 6.62. The van der Waals surface area contributed by atoms with Crippen LogP contribution in [0.3, 0.4) is 0 Å². The fraction of sp³-hybridized carbons (Fsp3) is 0.386. The predicted octanol–water partition coefficient (Wildman–Crippen LogP) is 11.8. The maximum atomic E-state index is 12.2. The van der Waals surface area contributed by atoms with Crippen molar-refractivity contribution in [1.29, 1.82) is 0 Å². The summed E-state index contributed by atoms with van der Waals surface area (Å²) in [4.78, 5) is 21.7. The van der Waals surface area contributed by atoms with Crippen LogP contribution >= 0.6 is 0 Å². The number of aromatic nitrogens is 3. The Morgan fingerprint density at radius 1 is 0.800 bits per heavy atom. The summed E-state index contributed by atoms with van der Waals surface area (Å²) < 4.78 is 2.17. The van der Waals surface area contributed by atoms with E-state index in [4.69, 9.17) is 4.98 Å². The molecule has 0 saturated carbocycles. The Labute approximate surface area is 311 Å². The smallest absolute Gasteiger partial charge is 0.164 e. The number of rotatable bonds is 8. The Kier molecular flexibility index (Phi) is 11.8. The van der Waals surface area contributed by atoms with Crippen LogP contribution in [0.4, 0.5) is 0 Å². The monoisotopic (exact) mass is 847 g/mol. The van der Waals surface area contributed by atoms with Gasteiger partial charge in [-0.25, -0.2) is 4.98 Å². The molecule has 4 aromatic carbocycles. The molecule has 1 N–H and O–H groups in total. The van der Waals surface area contributed by atoms with Crippen LogP contribution in [0, 0.1) is 16.9 Å². The van der Waals surface area contributed by atoms with Crippen LogP contribution in [0.15, 0.2) is 84.9 Å². The quantitative estimate of drug-likeness (QED) is 0.0941. The van der Waals surface area contributed by atoms with Crippen molar-refractivity contribution in [3.8, 4) is 11.3 Å². The molecule has 1 radical (unpaired) electrons. The Bertz CT molecular complexity index is 2180. The topological polar surface area (TPSA) is 68.0 Å². The van der Waals surface area contributed by atoms with Crippen LogP contribution in [-0.2, 0) is 37.4 Å². The van der Waals surface area contributed by atoms with E-state index in [1.54, 1.807) is 6.33 Å². The van der Waals surface area contributed by atoms with Gasteiger partial charge in [-0.05, 0) is 54.0 Å². The van der Waals surface area contributed by atoms with Crippen molar-refractivity contribution in [2.24, 2.45) is 17.9 Å². The van der Waals surface area contributed by atoms with Crippen molar-refractivity contribution in [3.63, 3.8) is 0 Å². The van der Waals surface area contributed by atoms with Gasteiger partial charge in [-0.15, -0.1) is 23.3 Å². The number of aliphatic hydroxyl groups is 1. The molecular weight excluding hydrogens is 795 g/mol. The average Bonchev–Trinajstić information content (AvgIpc) is 3.39. The second-order valence-electron chi connectivity index (χ2n) is 15.0. The molecular formula is C44H52IrN3O2-. The van der Waals surface area contributed by atoms with Crippen LogP contribution in [-0.4, -0.2) is 25.4 Å². The van der Waals surface area contributed by atoms with Gasteiger partial charge in [0.25, 0.3) is 0 Å². The third-order valence-corrected chi connectivity index (χ3v) is 11.1. The molecule has 0 bridgehead atoms. The predicted molar refractivity (Wildman–Crippen MR) is 207 cm³/mol. The molecule has 0 aliphatic carbocycles. The molecule has 0 amide bonds. The molecule has 6 rings (SSSR count). The van der Waals surface area contributed by atoms with Crippen molar-refractivity contribution in [3.05, 3.63) is 96.5 Å².